The first-order chi connectivity index (χ1) is 15.1. The highest BCUT2D eigenvalue weighted by molar-refractivity contribution is 14.0. The molecular formula is C23H25IN6O2. The molecule has 2 amide bonds. The number of nitrogens with one attached hydrogen (secondary N) is 2. The Hall–Kier alpha value is -3.21. The van der Waals surface area contributed by atoms with Crippen LogP contribution in [0.2, 0.25) is 0 Å². The molecule has 1 aliphatic heterocycles. The van der Waals surface area contributed by atoms with Crippen molar-refractivity contribution in [2.75, 3.05) is 27.2 Å². The summed E-state index contributed by atoms with van der Waals surface area (Å²) >= 11 is 0. The van der Waals surface area contributed by atoms with Crippen molar-refractivity contribution in [2.45, 2.75) is 6.54 Å². The zero-order valence-corrected chi connectivity index (χ0v) is 20.2. The zero-order chi connectivity index (χ0) is 21.8. The summed E-state index contributed by atoms with van der Waals surface area (Å²) in [6, 6.07) is 16.9. The van der Waals surface area contributed by atoms with Crippen LogP contribution < -0.4 is 5.32 Å². The number of aliphatic imine (C=N–C) groups is 1. The second-order valence-corrected chi connectivity index (χ2v) is 7.25. The average molecular weight is 544 g/mol. The molecule has 2 aromatic carbocycles. The van der Waals surface area contributed by atoms with Crippen molar-refractivity contribution in [3.63, 3.8) is 0 Å². The maximum absolute atomic E-state index is 12.5. The normalized spacial score (nSPS) is 13.1. The summed E-state index contributed by atoms with van der Waals surface area (Å²) < 4.78 is 0. The Kier molecular flexibility index (Phi) is 7.62. The molecule has 0 saturated carbocycles. The molecule has 4 rings (SSSR count). The first-order valence-corrected chi connectivity index (χ1v) is 10.0. The van der Waals surface area contributed by atoms with E-state index in [1.807, 2.05) is 48.5 Å². The van der Waals surface area contributed by atoms with Crippen molar-refractivity contribution in [1.29, 1.82) is 0 Å². The smallest absolute Gasteiger partial charge is 0.261 e. The Bertz CT molecular complexity index is 1090. The fraction of sp³-hybridized carbons (Fsp3) is 0.217. The number of aromatic amines is 1. The number of guanidine groups is 1. The predicted octanol–water partition coefficient (Wildman–Crippen LogP) is 3.00. The molecule has 0 spiro atoms. The lowest BCUT2D eigenvalue weighted by molar-refractivity contribution is 0.0657. The van der Waals surface area contributed by atoms with Crippen LogP contribution in [0.5, 0.6) is 0 Å². The minimum Gasteiger partial charge on any atom is -0.354 e. The fourth-order valence-electron chi connectivity index (χ4n) is 3.61. The van der Waals surface area contributed by atoms with Gasteiger partial charge in [0.05, 0.1) is 29.6 Å². The van der Waals surface area contributed by atoms with E-state index in [9.17, 15) is 9.59 Å². The van der Waals surface area contributed by atoms with E-state index in [1.54, 1.807) is 31.3 Å². The molecule has 0 saturated heterocycles. The van der Waals surface area contributed by atoms with Gasteiger partial charge in [0, 0.05) is 27.2 Å². The Morgan fingerprint density at radius 1 is 1.06 bits per heavy atom. The second kappa shape index (κ2) is 10.4. The summed E-state index contributed by atoms with van der Waals surface area (Å²) in [7, 11) is 3.60. The average Bonchev–Trinajstić information content (AvgIpc) is 3.36. The first-order valence-electron chi connectivity index (χ1n) is 10.0. The van der Waals surface area contributed by atoms with Gasteiger partial charge in [-0.25, -0.2) is 4.98 Å². The van der Waals surface area contributed by atoms with E-state index in [0.717, 1.165) is 17.1 Å². The summed E-state index contributed by atoms with van der Waals surface area (Å²) in [4.78, 5) is 40.2. The van der Waals surface area contributed by atoms with E-state index in [-0.39, 0.29) is 42.3 Å². The van der Waals surface area contributed by atoms with Gasteiger partial charge in [-0.15, -0.1) is 24.0 Å². The topological polar surface area (TPSA) is 93.7 Å². The number of carbonyl (C=O) groups excluding carboxylic acids is 2. The van der Waals surface area contributed by atoms with Gasteiger partial charge in [-0.1, -0.05) is 42.5 Å². The van der Waals surface area contributed by atoms with E-state index in [4.69, 9.17) is 0 Å². The quantitative estimate of drug-likeness (QED) is 0.216. The van der Waals surface area contributed by atoms with Gasteiger partial charge in [-0.05, 0) is 17.7 Å². The highest BCUT2D eigenvalue weighted by Crippen LogP contribution is 2.21. The largest absolute Gasteiger partial charge is 0.354 e. The molecule has 0 aliphatic carbocycles. The number of halogens is 1. The number of imidazole rings is 1. The Labute approximate surface area is 203 Å². The summed E-state index contributed by atoms with van der Waals surface area (Å²) in [6.07, 6.45) is 1.82. The molecule has 0 unspecified atom stereocenters. The molecule has 3 aromatic rings. The fourth-order valence-corrected chi connectivity index (χ4v) is 3.61. The van der Waals surface area contributed by atoms with Crippen LogP contribution in [-0.4, -0.2) is 64.7 Å². The van der Waals surface area contributed by atoms with Gasteiger partial charge in [0.25, 0.3) is 11.8 Å². The van der Waals surface area contributed by atoms with Gasteiger partial charge in [0.2, 0.25) is 0 Å². The third kappa shape index (κ3) is 4.82. The lowest BCUT2D eigenvalue weighted by Gasteiger charge is -2.22. The molecule has 0 atom stereocenters. The van der Waals surface area contributed by atoms with Gasteiger partial charge in [-0.2, -0.15) is 0 Å². The second-order valence-electron chi connectivity index (χ2n) is 7.25. The third-order valence-electron chi connectivity index (χ3n) is 5.17. The van der Waals surface area contributed by atoms with Gasteiger partial charge >= 0.3 is 0 Å². The molecule has 166 valence electrons. The number of aromatic nitrogens is 2. The summed E-state index contributed by atoms with van der Waals surface area (Å²) in [5.41, 5.74) is 2.95. The predicted molar refractivity (Wildman–Crippen MR) is 134 cm³/mol. The molecular weight excluding hydrogens is 519 g/mol. The van der Waals surface area contributed by atoms with Crippen molar-refractivity contribution < 1.29 is 9.59 Å². The van der Waals surface area contributed by atoms with Gasteiger partial charge in [0.15, 0.2) is 5.96 Å². The van der Waals surface area contributed by atoms with E-state index in [2.05, 4.69) is 20.3 Å². The van der Waals surface area contributed by atoms with Crippen LogP contribution in [-0.2, 0) is 6.54 Å². The number of rotatable bonds is 6. The molecule has 2 heterocycles. The van der Waals surface area contributed by atoms with Crippen LogP contribution in [0.25, 0.3) is 11.3 Å². The van der Waals surface area contributed by atoms with Crippen molar-refractivity contribution >= 4 is 41.8 Å². The van der Waals surface area contributed by atoms with Crippen LogP contribution in [0.3, 0.4) is 0 Å². The van der Waals surface area contributed by atoms with Crippen LogP contribution >= 0.6 is 24.0 Å². The maximum atomic E-state index is 12.5. The van der Waals surface area contributed by atoms with E-state index < -0.39 is 0 Å². The van der Waals surface area contributed by atoms with Crippen molar-refractivity contribution in [3.8, 4) is 11.3 Å². The number of benzene rings is 2. The summed E-state index contributed by atoms with van der Waals surface area (Å²) in [5.74, 6) is 0.948. The molecule has 9 heteroatoms. The number of hydrogen-bond donors (Lipinski definition) is 2. The van der Waals surface area contributed by atoms with Gasteiger partial charge in [-0.3, -0.25) is 19.5 Å². The third-order valence-corrected chi connectivity index (χ3v) is 5.17. The minimum absolute atomic E-state index is 0. The van der Waals surface area contributed by atoms with Gasteiger partial charge < -0.3 is 15.2 Å². The van der Waals surface area contributed by atoms with Crippen molar-refractivity contribution in [3.05, 3.63) is 77.7 Å². The molecule has 2 N–H and O–H groups in total. The summed E-state index contributed by atoms with van der Waals surface area (Å²) in [5, 5.41) is 3.21. The van der Waals surface area contributed by atoms with Crippen molar-refractivity contribution in [1.82, 2.24) is 25.1 Å². The van der Waals surface area contributed by atoms with E-state index in [1.165, 1.54) is 4.90 Å². The highest BCUT2D eigenvalue weighted by Gasteiger charge is 2.34. The Balaban J connectivity index is 0.00000289. The molecule has 1 aliphatic rings. The lowest BCUT2D eigenvalue weighted by atomic mass is 10.1. The van der Waals surface area contributed by atoms with E-state index >= 15 is 0 Å². The van der Waals surface area contributed by atoms with Gasteiger partial charge in [0.1, 0.15) is 5.82 Å². The summed E-state index contributed by atoms with van der Waals surface area (Å²) in [6.45, 7) is 1.19. The molecule has 8 nitrogen and oxygen atoms in total. The molecule has 0 radical (unpaired) electrons. The monoisotopic (exact) mass is 544 g/mol. The number of H-pyrrole nitrogens is 1. The van der Waals surface area contributed by atoms with Crippen LogP contribution in [0.4, 0.5) is 0 Å². The standard InChI is InChI=1S/C23H24N6O2.HI/c1-24-23(25-12-13-29-21(30)17-10-6-7-11-18(17)22(29)31)28(2)15-20-26-14-19(27-20)16-8-4-3-5-9-16;/h3-11,14H,12-13,15H2,1-2H3,(H,24,25)(H,26,27);1H. The van der Waals surface area contributed by atoms with E-state index in [0.29, 0.717) is 30.2 Å². The SMILES string of the molecule is CN=C(NCCN1C(=O)c2ccccc2C1=O)N(C)Cc1ncc(-c2ccccc2)[nH]1.I. The Morgan fingerprint density at radius 2 is 1.69 bits per heavy atom. The molecule has 0 bridgehead atoms. The molecule has 32 heavy (non-hydrogen) atoms. The maximum Gasteiger partial charge on any atom is 0.261 e. The molecule has 1 aromatic heterocycles. The number of hydrogen-bond acceptors (Lipinski definition) is 4. The van der Waals surface area contributed by atoms with Crippen LogP contribution in [0.15, 0.2) is 65.8 Å². The first kappa shape index (κ1) is 23.5. The highest BCUT2D eigenvalue weighted by atomic mass is 127. The number of imide groups is 1. The number of fused-ring (bicyclic) bond motifs is 1. The minimum atomic E-state index is -0.255. The number of nitrogens with zero attached hydrogens (tertiary/aromatic N) is 4. The lowest BCUT2D eigenvalue weighted by Crippen LogP contribution is -2.43. The number of carbonyl (C=O) groups is 2. The number of amides is 2. The Morgan fingerprint density at radius 3 is 2.31 bits per heavy atom. The van der Waals surface area contributed by atoms with Crippen LogP contribution in [0.1, 0.15) is 26.5 Å². The molecule has 0 fully saturated rings. The zero-order valence-electron chi connectivity index (χ0n) is 17.9. The van der Waals surface area contributed by atoms with Crippen molar-refractivity contribution in [2.24, 2.45) is 4.99 Å². The van der Waals surface area contributed by atoms with Crippen LogP contribution in [0, 0.1) is 0 Å².